The summed E-state index contributed by atoms with van der Waals surface area (Å²) in [5.74, 6) is -0.0151. The Kier molecular flexibility index (Phi) is 5.33. The Morgan fingerprint density at radius 2 is 2.24 bits per heavy atom. The molecule has 1 fully saturated rings. The lowest BCUT2D eigenvalue weighted by Gasteiger charge is -2.35. The van der Waals surface area contributed by atoms with Gasteiger partial charge in [-0.25, -0.2) is 0 Å². The number of nitro groups is 1. The Balaban J connectivity index is 2.22. The molecule has 0 spiro atoms. The Morgan fingerprint density at radius 3 is 2.86 bits per heavy atom. The van der Waals surface area contributed by atoms with Crippen molar-refractivity contribution in [1.82, 2.24) is 4.90 Å². The first-order chi connectivity index (χ1) is 10.0. The van der Waals surface area contributed by atoms with E-state index in [1.54, 1.807) is 19.1 Å². The van der Waals surface area contributed by atoms with E-state index >= 15 is 0 Å². The maximum absolute atomic E-state index is 12.7. The molecule has 1 aromatic rings. The van der Waals surface area contributed by atoms with Crippen LogP contribution in [0.4, 0.5) is 5.69 Å². The molecular formula is C15H19BrN2O3. The fraction of sp³-hybridized carbons (Fsp3) is 0.533. The standard InChI is InChI=1S/C15H19BrN2O3/c1-11-10-12(5-6-14(11)18(20)21)15(19)17-9-3-2-4-13(17)7-8-16/h5-6,10,13H,2-4,7-9H2,1H3. The first kappa shape index (κ1) is 15.9. The number of aryl methyl sites for hydroxylation is 1. The normalized spacial score (nSPS) is 18.6. The highest BCUT2D eigenvalue weighted by Crippen LogP contribution is 2.25. The van der Waals surface area contributed by atoms with Crippen molar-refractivity contribution >= 4 is 27.5 Å². The number of halogens is 1. The fourth-order valence-electron chi connectivity index (χ4n) is 2.85. The SMILES string of the molecule is Cc1cc(C(=O)N2CCCCC2CCBr)ccc1[N+](=O)[O-]. The zero-order valence-corrected chi connectivity index (χ0v) is 13.6. The topological polar surface area (TPSA) is 63.5 Å². The van der Waals surface area contributed by atoms with Gasteiger partial charge in [0, 0.05) is 35.1 Å². The van der Waals surface area contributed by atoms with Crippen LogP contribution in [0.15, 0.2) is 18.2 Å². The molecule has 0 radical (unpaired) electrons. The first-order valence-corrected chi connectivity index (χ1v) is 8.28. The molecule has 6 heteroatoms. The number of rotatable bonds is 4. The van der Waals surface area contributed by atoms with Crippen LogP contribution in [0.1, 0.15) is 41.6 Å². The Morgan fingerprint density at radius 1 is 1.48 bits per heavy atom. The molecule has 2 rings (SSSR count). The summed E-state index contributed by atoms with van der Waals surface area (Å²) in [6.07, 6.45) is 4.15. The molecule has 0 aliphatic carbocycles. The van der Waals surface area contributed by atoms with Crippen molar-refractivity contribution in [2.75, 3.05) is 11.9 Å². The molecule has 1 aromatic carbocycles. The van der Waals surface area contributed by atoms with Crippen LogP contribution in [0.5, 0.6) is 0 Å². The van der Waals surface area contributed by atoms with Crippen LogP contribution in [0.3, 0.4) is 0 Å². The minimum atomic E-state index is -0.419. The number of hydrogen-bond donors (Lipinski definition) is 0. The maximum atomic E-state index is 12.7. The van der Waals surface area contributed by atoms with Crippen LogP contribution in [-0.4, -0.2) is 33.6 Å². The van der Waals surface area contributed by atoms with Gasteiger partial charge in [-0.1, -0.05) is 15.9 Å². The van der Waals surface area contributed by atoms with Gasteiger partial charge in [0.05, 0.1) is 4.92 Å². The first-order valence-electron chi connectivity index (χ1n) is 7.16. The summed E-state index contributed by atoms with van der Waals surface area (Å²) in [7, 11) is 0. The van der Waals surface area contributed by atoms with Crippen LogP contribution < -0.4 is 0 Å². The lowest BCUT2D eigenvalue weighted by atomic mass is 9.98. The van der Waals surface area contributed by atoms with E-state index in [9.17, 15) is 14.9 Å². The van der Waals surface area contributed by atoms with Crippen molar-refractivity contribution in [3.63, 3.8) is 0 Å². The van der Waals surface area contributed by atoms with Crippen LogP contribution in [0, 0.1) is 17.0 Å². The lowest BCUT2D eigenvalue weighted by Crippen LogP contribution is -2.43. The largest absolute Gasteiger partial charge is 0.336 e. The van der Waals surface area contributed by atoms with Crippen molar-refractivity contribution in [3.8, 4) is 0 Å². The van der Waals surface area contributed by atoms with Crippen molar-refractivity contribution in [3.05, 3.63) is 39.4 Å². The maximum Gasteiger partial charge on any atom is 0.272 e. The number of likely N-dealkylation sites (tertiary alicyclic amines) is 1. The predicted molar refractivity (Wildman–Crippen MR) is 84.9 cm³/mol. The van der Waals surface area contributed by atoms with Crippen LogP contribution in [0.2, 0.25) is 0 Å². The van der Waals surface area contributed by atoms with Gasteiger partial charge in [-0.3, -0.25) is 14.9 Å². The number of piperidine rings is 1. The summed E-state index contributed by atoms with van der Waals surface area (Å²) >= 11 is 3.44. The van der Waals surface area contributed by atoms with Crippen molar-refractivity contribution in [2.24, 2.45) is 0 Å². The molecule has 0 bridgehead atoms. The highest BCUT2D eigenvalue weighted by atomic mass is 79.9. The van der Waals surface area contributed by atoms with Gasteiger partial charge in [0.1, 0.15) is 0 Å². The molecule has 21 heavy (non-hydrogen) atoms. The molecule has 1 aliphatic rings. The predicted octanol–water partition coefficient (Wildman–Crippen LogP) is 3.68. The minimum Gasteiger partial charge on any atom is -0.336 e. The molecule has 1 heterocycles. The van der Waals surface area contributed by atoms with E-state index in [-0.39, 0.29) is 17.6 Å². The van der Waals surface area contributed by atoms with Crippen LogP contribution in [0.25, 0.3) is 0 Å². The molecule has 1 saturated heterocycles. The minimum absolute atomic E-state index is 0.0151. The van der Waals surface area contributed by atoms with E-state index < -0.39 is 4.92 Å². The molecule has 114 valence electrons. The highest BCUT2D eigenvalue weighted by molar-refractivity contribution is 9.09. The average molecular weight is 355 g/mol. The Labute approximate surface area is 132 Å². The molecule has 0 saturated carbocycles. The van der Waals surface area contributed by atoms with E-state index in [0.717, 1.165) is 37.6 Å². The van der Waals surface area contributed by atoms with Gasteiger partial charge < -0.3 is 4.90 Å². The fourth-order valence-corrected chi connectivity index (χ4v) is 3.38. The molecule has 5 nitrogen and oxygen atoms in total. The number of alkyl halides is 1. The van der Waals surface area contributed by atoms with Gasteiger partial charge in [0.15, 0.2) is 0 Å². The summed E-state index contributed by atoms with van der Waals surface area (Å²) in [6.45, 7) is 2.44. The second kappa shape index (κ2) is 7.02. The van der Waals surface area contributed by atoms with Gasteiger partial charge in [-0.2, -0.15) is 0 Å². The number of carbonyl (C=O) groups is 1. The molecule has 1 unspecified atom stereocenters. The van der Waals surface area contributed by atoms with Crippen molar-refractivity contribution in [1.29, 1.82) is 0 Å². The zero-order valence-electron chi connectivity index (χ0n) is 12.0. The van der Waals surface area contributed by atoms with E-state index in [1.165, 1.54) is 6.07 Å². The van der Waals surface area contributed by atoms with Gasteiger partial charge in [0.2, 0.25) is 0 Å². The lowest BCUT2D eigenvalue weighted by molar-refractivity contribution is -0.385. The Bertz CT molecular complexity index is 546. The number of amides is 1. The van der Waals surface area contributed by atoms with Crippen LogP contribution in [-0.2, 0) is 0 Å². The van der Waals surface area contributed by atoms with Crippen LogP contribution >= 0.6 is 15.9 Å². The average Bonchev–Trinajstić information content (AvgIpc) is 2.47. The molecule has 1 aliphatic heterocycles. The summed E-state index contributed by atoms with van der Waals surface area (Å²) < 4.78 is 0. The monoisotopic (exact) mass is 354 g/mol. The summed E-state index contributed by atoms with van der Waals surface area (Å²) in [5, 5.41) is 11.7. The zero-order chi connectivity index (χ0) is 15.4. The number of carbonyl (C=O) groups excluding carboxylic acids is 1. The van der Waals surface area contributed by atoms with Gasteiger partial charge in [-0.05, 0) is 44.7 Å². The molecule has 1 atom stereocenters. The summed E-state index contributed by atoms with van der Waals surface area (Å²) in [5.41, 5.74) is 1.13. The molecular weight excluding hydrogens is 336 g/mol. The number of hydrogen-bond acceptors (Lipinski definition) is 3. The second-order valence-electron chi connectivity index (χ2n) is 5.38. The van der Waals surface area contributed by atoms with E-state index in [1.807, 2.05) is 4.90 Å². The molecule has 1 amide bonds. The summed E-state index contributed by atoms with van der Waals surface area (Å²) in [4.78, 5) is 25.0. The van der Waals surface area contributed by atoms with Gasteiger partial charge in [-0.15, -0.1) is 0 Å². The number of nitro benzene ring substituents is 1. The number of nitrogens with zero attached hydrogens (tertiary/aromatic N) is 2. The molecule has 0 aromatic heterocycles. The smallest absolute Gasteiger partial charge is 0.272 e. The third-order valence-electron chi connectivity index (χ3n) is 3.97. The van der Waals surface area contributed by atoms with Gasteiger partial charge >= 0.3 is 0 Å². The highest BCUT2D eigenvalue weighted by Gasteiger charge is 2.27. The van der Waals surface area contributed by atoms with E-state index in [4.69, 9.17) is 0 Å². The third-order valence-corrected chi connectivity index (χ3v) is 4.43. The van der Waals surface area contributed by atoms with Crippen molar-refractivity contribution in [2.45, 2.75) is 38.6 Å². The quantitative estimate of drug-likeness (QED) is 0.470. The number of benzene rings is 1. The van der Waals surface area contributed by atoms with Crippen molar-refractivity contribution < 1.29 is 9.72 Å². The van der Waals surface area contributed by atoms with E-state index in [0.29, 0.717) is 11.1 Å². The van der Waals surface area contributed by atoms with E-state index in [2.05, 4.69) is 15.9 Å². The Hall–Kier alpha value is -1.43. The summed E-state index contributed by atoms with van der Waals surface area (Å²) in [6, 6.07) is 4.88. The molecule has 0 N–H and O–H groups in total. The second-order valence-corrected chi connectivity index (χ2v) is 6.18. The third kappa shape index (κ3) is 3.61. The van der Waals surface area contributed by atoms with Gasteiger partial charge in [0.25, 0.3) is 11.6 Å².